The van der Waals surface area contributed by atoms with Gasteiger partial charge in [-0.3, -0.25) is 10.2 Å². The topological polar surface area (TPSA) is 90.2 Å². The number of morpholine rings is 1. The van der Waals surface area contributed by atoms with Gasteiger partial charge in [-0.25, -0.2) is 14.3 Å². The molecule has 1 aliphatic rings. The van der Waals surface area contributed by atoms with E-state index in [2.05, 4.69) is 20.3 Å². The summed E-state index contributed by atoms with van der Waals surface area (Å²) in [5.74, 6) is 0.549. The average Bonchev–Trinajstić information content (AvgIpc) is 3.17. The van der Waals surface area contributed by atoms with Crippen molar-refractivity contribution in [1.29, 1.82) is 0 Å². The Labute approximate surface area is 187 Å². The zero-order valence-corrected chi connectivity index (χ0v) is 18.7. The van der Waals surface area contributed by atoms with E-state index in [-0.39, 0.29) is 0 Å². The van der Waals surface area contributed by atoms with Crippen molar-refractivity contribution in [1.82, 2.24) is 19.5 Å². The number of benzene rings is 1. The first-order valence-electron chi connectivity index (χ1n) is 10.8. The van der Waals surface area contributed by atoms with Crippen LogP contribution in [0.5, 0.6) is 5.88 Å². The number of hydrogen-bond acceptors (Lipinski definition) is 7. The fourth-order valence-corrected chi connectivity index (χ4v) is 3.38. The van der Waals surface area contributed by atoms with Crippen LogP contribution >= 0.6 is 0 Å². The molecule has 1 aromatic carbocycles. The Kier molecular flexibility index (Phi) is 6.57. The van der Waals surface area contributed by atoms with Crippen LogP contribution in [0.4, 0.5) is 10.5 Å². The Morgan fingerprint density at radius 3 is 2.59 bits per heavy atom. The summed E-state index contributed by atoms with van der Waals surface area (Å²) in [5, 5.41) is 7.34. The van der Waals surface area contributed by atoms with Gasteiger partial charge in [0.05, 0.1) is 25.1 Å². The minimum atomic E-state index is -0.547. The summed E-state index contributed by atoms with van der Waals surface area (Å²) in [7, 11) is 0. The predicted octanol–water partition coefficient (Wildman–Crippen LogP) is 3.45. The van der Waals surface area contributed by atoms with Gasteiger partial charge in [0.1, 0.15) is 12.2 Å². The summed E-state index contributed by atoms with van der Waals surface area (Å²) in [6.07, 6.45) is 1.29. The van der Waals surface area contributed by atoms with Crippen molar-refractivity contribution in [2.45, 2.75) is 26.4 Å². The van der Waals surface area contributed by atoms with Crippen LogP contribution in [-0.4, -0.2) is 70.6 Å². The zero-order chi connectivity index (χ0) is 22.6. The molecule has 0 radical (unpaired) electrons. The molecule has 1 N–H and O–H groups in total. The number of aromatic nitrogens is 3. The van der Waals surface area contributed by atoms with Gasteiger partial charge in [-0.1, -0.05) is 12.1 Å². The van der Waals surface area contributed by atoms with Crippen molar-refractivity contribution in [3.8, 4) is 17.1 Å². The first-order chi connectivity index (χ1) is 15.4. The normalized spacial score (nSPS) is 15.0. The predicted molar refractivity (Wildman–Crippen MR) is 121 cm³/mol. The van der Waals surface area contributed by atoms with Crippen molar-refractivity contribution >= 4 is 17.4 Å². The van der Waals surface area contributed by atoms with Gasteiger partial charge in [-0.15, -0.1) is 5.10 Å². The molecule has 0 unspecified atom stereocenters. The maximum Gasteiger partial charge on any atom is 0.412 e. The first kappa shape index (κ1) is 22.0. The number of anilines is 1. The number of carbonyl (C=O) groups is 1. The molecule has 9 heteroatoms. The minimum absolute atomic E-state index is 0.486. The zero-order valence-electron chi connectivity index (χ0n) is 18.7. The van der Waals surface area contributed by atoms with Crippen LogP contribution in [-0.2, 0) is 9.47 Å². The van der Waals surface area contributed by atoms with Gasteiger partial charge >= 0.3 is 6.09 Å². The molecular formula is C23H29N5O4. The van der Waals surface area contributed by atoms with Crippen molar-refractivity contribution in [2.24, 2.45) is 0 Å². The van der Waals surface area contributed by atoms with Gasteiger partial charge in [0.25, 0.3) is 0 Å². The fourth-order valence-electron chi connectivity index (χ4n) is 3.38. The number of amides is 1. The van der Waals surface area contributed by atoms with Gasteiger partial charge in [0.2, 0.25) is 5.88 Å². The van der Waals surface area contributed by atoms with Crippen molar-refractivity contribution < 1.29 is 19.0 Å². The fraction of sp³-hybridized carbons (Fsp3) is 0.435. The number of rotatable bonds is 6. The summed E-state index contributed by atoms with van der Waals surface area (Å²) < 4.78 is 18.3. The van der Waals surface area contributed by atoms with Crippen LogP contribution in [0.25, 0.3) is 16.9 Å². The van der Waals surface area contributed by atoms with E-state index in [4.69, 9.17) is 14.2 Å². The average molecular weight is 440 g/mol. The van der Waals surface area contributed by atoms with Gasteiger partial charge in [0, 0.05) is 37.0 Å². The minimum Gasteiger partial charge on any atom is -0.475 e. The van der Waals surface area contributed by atoms with E-state index in [9.17, 15) is 4.79 Å². The van der Waals surface area contributed by atoms with Crippen LogP contribution in [0.1, 0.15) is 20.8 Å². The molecule has 1 saturated heterocycles. The van der Waals surface area contributed by atoms with Gasteiger partial charge in [-0.2, -0.15) is 0 Å². The number of nitrogens with zero attached hydrogens (tertiary/aromatic N) is 4. The lowest BCUT2D eigenvalue weighted by Crippen LogP contribution is -2.38. The van der Waals surface area contributed by atoms with E-state index in [1.807, 2.05) is 57.2 Å². The highest BCUT2D eigenvalue weighted by molar-refractivity contribution is 5.85. The van der Waals surface area contributed by atoms with Crippen LogP contribution in [0, 0.1) is 0 Å². The summed E-state index contributed by atoms with van der Waals surface area (Å²) >= 11 is 0. The molecule has 2 aromatic heterocycles. The molecular weight excluding hydrogens is 410 g/mol. The molecule has 1 fully saturated rings. The maximum atomic E-state index is 12.0. The largest absolute Gasteiger partial charge is 0.475 e. The second-order valence-corrected chi connectivity index (χ2v) is 8.59. The SMILES string of the molecule is CC(C)(C)OC(=O)Nc1ccc(-c2cnc3ccc(OCCN4CCOCC4)nn23)cc1. The van der Waals surface area contributed by atoms with Gasteiger partial charge in [-0.05, 0) is 39.0 Å². The molecule has 3 heterocycles. The van der Waals surface area contributed by atoms with Crippen LogP contribution in [0.3, 0.4) is 0 Å². The highest BCUT2D eigenvalue weighted by atomic mass is 16.6. The third kappa shape index (κ3) is 5.74. The van der Waals surface area contributed by atoms with Gasteiger partial charge < -0.3 is 14.2 Å². The Balaban J connectivity index is 1.42. The van der Waals surface area contributed by atoms with Gasteiger partial charge in [0.15, 0.2) is 5.65 Å². The van der Waals surface area contributed by atoms with E-state index < -0.39 is 11.7 Å². The van der Waals surface area contributed by atoms with Crippen LogP contribution < -0.4 is 10.1 Å². The molecule has 9 nitrogen and oxygen atoms in total. The molecule has 0 aliphatic carbocycles. The van der Waals surface area contributed by atoms with E-state index in [1.54, 1.807) is 10.7 Å². The highest BCUT2D eigenvalue weighted by Gasteiger charge is 2.16. The summed E-state index contributed by atoms with van der Waals surface area (Å²) in [6, 6.07) is 11.2. The standard InChI is InChI=1S/C23H29N5O4/c1-23(2,3)32-22(29)25-18-6-4-17(5-7-18)19-16-24-20-8-9-21(26-28(19)20)31-15-12-27-10-13-30-14-11-27/h4-9,16H,10-15H2,1-3H3,(H,25,29). The number of ether oxygens (including phenoxy) is 3. The molecule has 0 bridgehead atoms. The molecule has 0 spiro atoms. The smallest absolute Gasteiger partial charge is 0.412 e. The molecule has 1 aliphatic heterocycles. The molecule has 32 heavy (non-hydrogen) atoms. The molecule has 0 atom stereocenters. The lowest BCUT2D eigenvalue weighted by molar-refractivity contribution is 0.0319. The second kappa shape index (κ2) is 9.54. The summed E-state index contributed by atoms with van der Waals surface area (Å²) in [6.45, 7) is 10.3. The molecule has 4 rings (SSSR count). The van der Waals surface area contributed by atoms with Crippen LogP contribution in [0.15, 0.2) is 42.6 Å². The number of nitrogens with one attached hydrogen (secondary N) is 1. The third-order valence-electron chi connectivity index (χ3n) is 4.92. The number of imidazole rings is 1. The monoisotopic (exact) mass is 439 g/mol. The lowest BCUT2D eigenvalue weighted by atomic mass is 10.1. The second-order valence-electron chi connectivity index (χ2n) is 8.59. The number of fused-ring (bicyclic) bond motifs is 1. The molecule has 0 saturated carbocycles. The number of hydrogen-bond donors (Lipinski definition) is 1. The lowest BCUT2D eigenvalue weighted by Gasteiger charge is -2.26. The Morgan fingerprint density at radius 1 is 1.12 bits per heavy atom. The quantitative estimate of drug-likeness (QED) is 0.629. The van der Waals surface area contributed by atoms with E-state index >= 15 is 0 Å². The Hall–Kier alpha value is -3.17. The van der Waals surface area contributed by atoms with Crippen molar-refractivity contribution in [3.05, 3.63) is 42.6 Å². The van der Waals surface area contributed by atoms with E-state index in [0.717, 1.165) is 49.8 Å². The highest BCUT2D eigenvalue weighted by Crippen LogP contribution is 2.23. The first-order valence-corrected chi connectivity index (χ1v) is 10.8. The third-order valence-corrected chi connectivity index (χ3v) is 4.92. The Morgan fingerprint density at radius 2 is 1.88 bits per heavy atom. The van der Waals surface area contributed by atoms with Crippen LogP contribution in [0.2, 0.25) is 0 Å². The summed E-state index contributed by atoms with van der Waals surface area (Å²) in [5.41, 5.74) is 2.59. The van der Waals surface area contributed by atoms with E-state index in [1.165, 1.54) is 0 Å². The van der Waals surface area contributed by atoms with Crippen molar-refractivity contribution in [2.75, 3.05) is 44.8 Å². The maximum absolute atomic E-state index is 12.0. The molecule has 170 valence electrons. The Bertz CT molecular complexity index is 1050. The number of carbonyl (C=O) groups excluding carboxylic acids is 1. The molecule has 1 amide bonds. The molecule has 3 aromatic rings. The van der Waals surface area contributed by atoms with Crippen molar-refractivity contribution in [3.63, 3.8) is 0 Å². The van der Waals surface area contributed by atoms with E-state index in [0.29, 0.717) is 18.2 Å². The summed E-state index contributed by atoms with van der Waals surface area (Å²) in [4.78, 5) is 18.7.